The molecule has 6 heteroatoms. The third-order valence-electron chi connectivity index (χ3n) is 6.08. The lowest BCUT2D eigenvalue weighted by Gasteiger charge is -2.11. The van der Waals surface area contributed by atoms with Crippen molar-refractivity contribution in [1.82, 2.24) is 0 Å². The minimum absolute atomic E-state index is 0.180. The molecular weight excluding hydrogens is 398 g/mol. The Labute approximate surface area is 179 Å². The molecule has 0 saturated heterocycles. The van der Waals surface area contributed by atoms with Gasteiger partial charge in [-0.3, -0.25) is 0 Å². The molecule has 0 spiro atoms. The van der Waals surface area contributed by atoms with E-state index in [-0.39, 0.29) is 11.7 Å². The molecule has 3 aromatic rings. The van der Waals surface area contributed by atoms with Crippen LogP contribution in [-0.4, -0.2) is 23.9 Å². The summed E-state index contributed by atoms with van der Waals surface area (Å²) in [6.45, 7) is 2.16. The number of esters is 1. The number of ether oxygens (including phenoxy) is 1. The van der Waals surface area contributed by atoms with Crippen molar-refractivity contribution in [2.24, 2.45) is 4.99 Å². The average molecular weight is 424 g/mol. The van der Waals surface area contributed by atoms with Gasteiger partial charge in [0.25, 0.3) is 0 Å². The molecule has 0 aliphatic heterocycles. The number of carbonyl (C=O) groups excluding carboxylic acids is 1. The number of hydrogen-bond acceptors (Lipinski definition) is 6. The fourth-order valence-electron chi connectivity index (χ4n) is 4.68. The monoisotopic (exact) mass is 423 g/mol. The number of carbonyl (C=O) groups is 1. The van der Waals surface area contributed by atoms with Crippen molar-refractivity contribution in [2.75, 3.05) is 6.61 Å². The molecule has 1 N–H and O–H groups in total. The molecule has 5 rings (SSSR count). The van der Waals surface area contributed by atoms with Crippen molar-refractivity contribution in [2.45, 2.75) is 58.3 Å². The van der Waals surface area contributed by atoms with Crippen LogP contribution < -0.4 is 0 Å². The van der Waals surface area contributed by atoms with Crippen molar-refractivity contribution in [3.63, 3.8) is 0 Å². The molecule has 2 aliphatic carbocycles. The van der Waals surface area contributed by atoms with E-state index in [9.17, 15) is 9.90 Å². The molecule has 156 valence electrons. The second-order valence-electron chi connectivity index (χ2n) is 7.95. The summed E-state index contributed by atoms with van der Waals surface area (Å²) < 4.78 is 11.4. The number of benzene rings is 1. The second-order valence-corrected chi connectivity index (χ2v) is 9.04. The summed E-state index contributed by atoms with van der Waals surface area (Å²) in [5, 5.41) is 12.2. The SMILES string of the molecule is CCOC(=O)c1c(/N=C/c2c(O)ccc3oc4c(c23)CCCC4)sc2c1CCCC2. The van der Waals surface area contributed by atoms with Gasteiger partial charge >= 0.3 is 5.97 Å². The van der Waals surface area contributed by atoms with Crippen LogP contribution in [0.4, 0.5) is 5.00 Å². The van der Waals surface area contributed by atoms with Crippen LogP contribution in [0.25, 0.3) is 11.0 Å². The van der Waals surface area contributed by atoms with Crippen LogP contribution in [0, 0.1) is 0 Å². The zero-order valence-corrected chi connectivity index (χ0v) is 17.9. The summed E-state index contributed by atoms with van der Waals surface area (Å²) in [5.41, 5.74) is 4.34. The highest BCUT2D eigenvalue weighted by atomic mass is 32.1. The predicted molar refractivity (Wildman–Crippen MR) is 119 cm³/mol. The van der Waals surface area contributed by atoms with Gasteiger partial charge in [-0.05, 0) is 69.6 Å². The van der Waals surface area contributed by atoms with Gasteiger partial charge in [-0.1, -0.05) is 0 Å². The molecule has 0 bridgehead atoms. The van der Waals surface area contributed by atoms with Gasteiger partial charge in [0.2, 0.25) is 0 Å². The third kappa shape index (κ3) is 3.23. The molecule has 0 unspecified atom stereocenters. The standard InChI is InChI=1S/C24H25NO4S/c1-2-28-24(27)22-15-8-4-6-10-20(15)30-23(22)25-13-16-17(26)11-12-19-21(16)14-7-3-5-9-18(14)29-19/h11-13,26H,2-10H2,1H3/b25-13+. The number of aromatic hydroxyl groups is 1. The summed E-state index contributed by atoms with van der Waals surface area (Å²) in [5.74, 6) is 0.905. The number of rotatable bonds is 4. The van der Waals surface area contributed by atoms with Crippen LogP contribution in [0.2, 0.25) is 0 Å². The Kier molecular flexibility index (Phi) is 5.11. The van der Waals surface area contributed by atoms with Gasteiger partial charge in [-0.2, -0.15) is 0 Å². The Morgan fingerprint density at radius 1 is 1.17 bits per heavy atom. The molecule has 30 heavy (non-hydrogen) atoms. The fourth-order valence-corrected chi connectivity index (χ4v) is 5.90. The summed E-state index contributed by atoms with van der Waals surface area (Å²) in [7, 11) is 0. The summed E-state index contributed by atoms with van der Waals surface area (Å²) in [6.07, 6.45) is 9.94. The van der Waals surface area contributed by atoms with Gasteiger partial charge in [-0.15, -0.1) is 11.3 Å². The van der Waals surface area contributed by atoms with E-state index < -0.39 is 0 Å². The maximum absolute atomic E-state index is 12.7. The highest BCUT2D eigenvalue weighted by Gasteiger charge is 2.26. The summed E-state index contributed by atoms with van der Waals surface area (Å²) in [4.78, 5) is 18.6. The smallest absolute Gasteiger partial charge is 0.341 e. The second kappa shape index (κ2) is 7.91. The van der Waals surface area contributed by atoms with Crippen LogP contribution in [0.5, 0.6) is 5.75 Å². The zero-order chi connectivity index (χ0) is 20.7. The number of nitrogens with zero attached hydrogens (tertiary/aromatic N) is 1. The molecule has 1 aromatic carbocycles. The fraction of sp³-hybridized carbons (Fsp3) is 0.417. The van der Waals surface area contributed by atoms with Gasteiger partial charge < -0.3 is 14.3 Å². The molecule has 0 amide bonds. The highest BCUT2D eigenvalue weighted by Crippen LogP contribution is 2.41. The molecule has 0 radical (unpaired) electrons. The van der Waals surface area contributed by atoms with Gasteiger partial charge in [0, 0.05) is 34.0 Å². The average Bonchev–Trinajstić information content (AvgIpc) is 3.31. The molecule has 5 nitrogen and oxygen atoms in total. The number of furan rings is 1. The first-order valence-corrected chi connectivity index (χ1v) is 11.6. The van der Waals surface area contributed by atoms with E-state index in [4.69, 9.17) is 14.1 Å². The van der Waals surface area contributed by atoms with Crippen molar-refractivity contribution >= 4 is 39.5 Å². The molecule has 2 aromatic heterocycles. The van der Waals surface area contributed by atoms with Crippen LogP contribution in [-0.2, 0) is 30.4 Å². The van der Waals surface area contributed by atoms with E-state index >= 15 is 0 Å². The minimum Gasteiger partial charge on any atom is -0.507 e. The Morgan fingerprint density at radius 2 is 1.93 bits per heavy atom. The molecule has 0 atom stereocenters. The lowest BCUT2D eigenvalue weighted by atomic mass is 9.94. The molecule has 2 heterocycles. The van der Waals surface area contributed by atoms with Crippen LogP contribution in [0.3, 0.4) is 0 Å². The van der Waals surface area contributed by atoms with Gasteiger partial charge in [0.15, 0.2) is 0 Å². The lowest BCUT2D eigenvalue weighted by molar-refractivity contribution is 0.0526. The van der Waals surface area contributed by atoms with E-state index in [0.717, 1.165) is 73.7 Å². The number of thiophene rings is 1. The first kappa shape index (κ1) is 19.4. The quantitative estimate of drug-likeness (QED) is 0.420. The Morgan fingerprint density at radius 3 is 2.77 bits per heavy atom. The third-order valence-corrected chi connectivity index (χ3v) is 7.28. The predicted octanol–water partition coefficient (Wildman–Crippen LogP) is 5.88. The summed E-state index contributed by atoms with van der Waals surface area (Å²) >= 11 is 1.57. The summed E-state index contributed by atoms with van der Waals surface area (Å²) in [6, 6.07) is 3.48. The number of hydrogen-bond donors (Lipinski definition) is 1. The van der Waals surface area contributed by atoms with Gasteiger partial charge in [0.1, 0.15) is 22.1 Å². The van der Waals surface area contributed by atoms with Crippen LogP contribution >= 0.6 is 11.3 Å². The Bertz CT molecular complexity index is 1150. The Balaban J connectivity index is 1.62. The molecular formula is C24H25NO4S. The highest BCUT2D eigenvalue weighted by molar-refractivity contribution is 7.16. The normalized spacial score (nSPS) is 16.0. The van der Waals surface area contributed by atoms with Crippen molar-refractivity contribution < 1.29 is 19.1 Å². The van der Waals surface area contributed by atoms with E-state index in [1.165, 1.54) is 10.4 Å². The number of aliphatic imine (C=N–C) groups is 1. The van der Waals surface area contributed by atoms with Gasteiger partial charge in [0.05, 0.1) is 12.2 Å². The number of phenols is 1. The topological polar surface area (TPSA) is 72.0 Å². The lowest BCUT2D eigenvalue weighted by Crippen LogP contribution is -2.09. The van der Waals surface area contributed by atoms with Crippen LogP contribution in [0.15, 0.2) is 21.5 Å². The van der Waals surface area contributed by atoms with Crippen molar-refractivity contribution in [3.8, 4) is 5.75 Å². The first-order valence-electron chi connectivity index (χ1n) is 10.8. The van der Waals surface area contributed by atoms with Crippen LogP contribution in [0.1, 0.15) is 70.3 Å². The van der Waals surface area contributed by atoms with E-state index in [0.29, 0.717) is 22.7 Å². The maximum atomic E-state index is 12.7. The molecule has 0 fully saturated rings. The first-order chi connectivity index (χ1) is 14.7. The van der Waals surface area contributed by atoms with Crippen molar-refractivity contribution in [3.05, 3.63) is 45.0 Å². The maximum Gasteiger partial charge on any atom is 0.341 e. The number of fused-ring (bicyclic) bond motifs is 4. The molecule has 0 saturated carbocycles. The van der Waals surface area contributed by atoms with Gasteiger partial charge in [-0.25, -0.2) is 9.79 Å². The number of aryl methyl sites for hydroxylation is 3. The molecule has 2 aliphatic rings. The van der Waals surface area contributed by atoms with E-state index in [1.54, 1.807) is 23.6 Å². The number of phenolic OH excluding ortho intramolecular Hbond substituents is 1. The largest absolute Gasteiger partial charge is 0.507 e. The van der Waals surface area contributed by atoms with E-state index in [2.05, 4.69) is 0 Å². The van der Waals surface area contributed by atoms with Crippen molar-refractivity contribution in [1.29, 1.82) is 0 Å². The van der Waals surface area contributed by atoms with E-state index in [1.807, 2.05) is 13.0 Å². The Hall–Kier alpha value is -2.60. The zero-order valence-electron chi connectivity index (χ0n) is 17.1. The minimum atomic E-state index is -0.299.